The van der Waals surface area contributed by atoms with Gasteiger partial charge in [-0.1, -0.05) is 42.5 Å². The van der Waals surface area contributed by atoms with Crippen LogP contribution in [0.2, 0.25) is 0 Å². The van der Waals surface area contributed by atoms with Crippen LogP contribution in [-0.2, 0) is 14.3 Å². The summed E-state index contributed by atoms with van der Waals surface area (Å²) < 4.78 is 4.92. The Hall–Kier alpha value is -3.34. The summed E-state index contributed by atoms with van der Waals surface area (Å²) in [5.41, 5.74) is 2.79. The average molecular weight is 363 g/mol. The van der Waals surface area contributed by atoms with Crippen LogP contribution in [0.1, 0.15) is 31.0 Å². The monoisotopic (exact) mass is 363 g/mol. The Bertz CT molecular complexity index is 927. The highest BCUT2D eigenvalue weighted by Gasteiger charge is 2.39. The van der Waals surface area contributed by atoms with Crippen molar-refractivity contribution in [1.82, 2.24) is 4.90 Å². The van der Waals surface area contributed by atoms with Gasteiger partial charge in [-0.15, -0.1) is 0 Å². The lowest BCUT2D eigenvalue weighted by molar-refractivity contribution is -0.136. The maximum atomic E-state index is 13.2. The number of amides is 1. The number of esters is 1. The predicted octanol–water partition coefficient (Wildman–Crippen LogP) is 3.83. The number of ether oxygens (including phenoxy) is 1. The molecule has 0 saturated heterocycles. The van der Waals surface area contributed by atoms with Gasteiger partial charge in [0.2, 0.25) is 0 Å². The number of aromatic hydroxyl groups is 1. The molecule has 0 bridgehead atoms. The summed E-state index contributed by atoms with van der Waals surface area (Å²) in [6.45, 7) is 3.68. The first-order valence-electron chi connectivity index (χ1n) is 8.63. The number of allylic oxidation sites excluding steroid dienone is 1. The zero-order valence-electron chi connectivity index (χ0n) is 15.5. The predicted molar refractivity (Wildman–Crippen MR) is 103 cm³/mol. The van der Waals surface area contributed by atoms with E-state index in [0.717, 1.165) is 5.56 Å². The van der Waals surface area contributed by atoms with Gasteiger partial charge >= 0.3 is 5.97 Å². The fraction of sp³-hybridized carbons (Fsp3) is 0.182. The summed E-state index contributed by atoms with van der Waals surface area (Å²) >= 11 is 0. The standard InChI is InChI=1S/C22H21NO4/c1-14(17-7-5-4-6-8-17)23-15(2)20(22(26)27-3)19(21(23)25)13-16-9-11-18(24)12-10-16/h4-14,24H,1-3H3/b19-13-/t14-/m0/s1. The van der Waals surface area contributed by atoms with Crippen LogP contribution < -0.4 is 0 Å². The number of rotatable bonds is 4. The van der Waals surface area contributed by atoms with Gasteiger partial charge in [0, 0.05) is 5.70 Å². The number of nitrogens with zero attached hydrogens (tertiary/aromatic N) is 1. The maximum Gasteiger partial charge on any atom is 0.340 e. The fourth-order valence-electron chi connectivity index (χ4n) is 3.28. The van der Waals surface area contributed by atoms with Gasteiger partial charge in [0.1, 0.15) is 5.75 Å². The highest BCUT2D eigenvalue weighted by Crippen LogP contribution is 2.37. The number of phenolic OH excluding ortho intramolecular Hbond substituents is 1. The number of carbonyl (C=O) groups is 2. The fourth-order valence-corrected chi connectivity index (χ4v) is 3.28. The molecule has 1 aliphatic rings. The normalized spacial score (nSPS) is 16.8. The van der Waals surface area contributed by atoms with Gasteiger partial charge in [-0.25, -0.2) is 4.79 Å². The van der Waals surface area contributed by atoms with Crippen molar-refractivity contribution in [1.29, 1.82) is 0 Å². The van der Waals surface area contributed by atoms with Crippen molar-refractivity contribution in [3.05, 3.63) is 82.6 Å². The minimum absolute atomic E-state index is 0.133. The van der Waals surface area contributed by atoms with E-state index in [9.17, 15) is 14.7 Å². The molecular formula is C22H21NO4. The molecule has 1 heterocycles. The molecule has 5 heteroatoms. The molecule has 1 amide bonds. The third-order valence-corrected chi connectivity index (χ3v) is 4.70. The number of hydrogen-bond acceptors (Lipinski definition) is 4. The van der Waals surface area contributed by atoms with E-state index in [4.69, 9.17) is 4.74 Å². The number of phenols is 1. The lowest BCUT2D eigenvalue weighted by Crippen LogP contribution is -2.28. The van der Waals surface area contributed by atoms with Gasteiger partial charge in [-0.3, -0.25) is 4.79 Å². The van der Waals surface area contributed by atoms with Crippen molar-refractivity contribution in [2.24, 2.45) is 0 Å². The molecule has 0 fully saturated rings. The third-order valence-electron chi connectivity index (χ3n) is 4.70. The highest BCUT2D eigenvalue weighted by atomic mass is 16.5. The zero-order chi connectivity index (χ0) is 19.6. The largest absolute Gasteiger partial charge is 0.508 e. The van der Waals surface area contributed by atoms with E-state index < -0.39 is 5.97 Å². The first-order chi connectivity index (χ1) is 12.9. The van der Waals surface area contributed by atoms with Crippen molar-refractivity contribution in [3.63, 3.8) is 0 Å². The van der Waals surface area contributed by atoms with E-state index in [1.807, 2.05) is 37.3 Å². The molecule has 0 saturated carbocycles. The Kier molecular flexibility index (Phi) is 5.12. The summed E-state index contributed by atoms with van der Waals surface area (Å²) in [6, 6.07) is 15.8. The smallest absolute Gasteiger partial charge is 0.340 e. The Morgan fingerprint density at radius 1 is 1.11 bits per heavy atom. The number of carbonyl (C=O) groups excluding carboxylic acids is 2. The van der Waals surface area contributed by atoms with E-state index in [2.05, 4.69) is 0 Å². The van der Waals surface area contributed by atoms with E-state index in [1.165, 1.54) is 19.2 Å². The molecule has 0 aromatic heterocycles. The quantitative estimate of drug-likeness (QED) is 0.662. The molecule has 1 atom stereocenters. The van der Waals surface area contributed by atoms with Gasteiger partial charge in [0.25, 0.3) is 5.91 Å². The van der Waals surface area contributed by atoms with Gasteiger partial charge in [0.15, 0.2) is 0 Å². The van der Waals surface area contributed by atoms with Crippen LogP contribution >= 0.6 is 0 Å². The van der Waals surface area contributed by atoms with Crippen LogP contribution in [0.25, 0.3) is 6.08 Å². The van der Waals surface area contributed by atoms with Crippen LogP contribution in [0.4, 0.5) is 0 Å². The van der Waals surface area contributed by atoms with Crippen LogP contribution in [0.5, 0.6) is 5.75 Å². The van der Waals surface area contributed by atoms with Gasteiger partial charge in [0.05, 0.1) is 24.3 Å². The van der Waals surface area contributed by atoms with Crippen LogP contribution in [0.3, 0.4) is 0 Å². The number of hydrogen-bond donors (Lipinski definition) is 1. The van der Waals surface area contributed by atoms with Crippen molar-refractivity contribution in [3.8, 4) is 5.75 Å². The molecule has 1 N–H and O–H groups in total. The minimum Gasteiger partial charge on any atom is -0.508 e. The summed E-state index contributed by atoms with van der Waals surface area (Å²) in [6.07, 6.45) is 1.65. The van der Waals surface area contributed by atoms with E-state index in [1.54, 1.807) is 30.0 Å². The summed E-state index contributed by atoms with van der Waals surface area (Å²) in [5, 5.41) is 9.45. The minimum atomic E-state index is -0.548. The Labute approximate surface area is 158 Å². The molecule has 0 spiro atoms. The topological polar surface area (TPSA) is 66.8 Å². The van der Waals surface area contributed by atoms with E-state index >= 15 is 0 Å². The Morgan fingerprint density at radius 3 is 2.33 bits per heavy atom. The van der Waals surface area contributed by atoms with Gasteiger partial charge < -0.3 is 14.7 Å². The molecule has 0 aliphatic carbocycles. The summed E-state index contributed by atoms with van der Waals surface area (Å²) in [4.78, 5) is 27.2. The molecule has 1 aliphatic heterocycles. The highest BCUT2D eigenvalue weighted by molar-refractivity contribution is 6.16. The van der Waals surface area contributed by atoms with Crippen molar-refractivity contribution in [2.45, 2.75) is 19.9 Å². The molecule has 0 unspecified atom stereocenters. The Balaban J connectivity index is 2.08. The average Bonchev–Trinajstić information content (AvgIpc) is 2.93. The zero-order valence-corrected chi connectivity index (χ0v) is 15.5. The van der Waals surface area contributed by atoms with Gasteiger partial charge in [-0.05, 0) is 43.2 Å². The van der Waals surface area contributed by atoms with E-state index in [-0.39, 0.29) is 28.8 Å². The Morgan fingerprint density at radius 2 is 1.74 bits per heavy atom. The molecule has 3 rings (SSSR count). The van der Waals surface area contributed by atoms with Crippen molar-refractivity contribution >= 4 is 18.0 Å². The molecule has 5 nitrogen and oxygen atoms in total. The molecule has 138 valence electrons. The van der Waals surface area contributed by atoms with Crippen LogP contribution in [-0.4, -0.2) is 29.0 Å². The molecule has 2 aromatic carbocycles. The SMILES string of the molecule is COC(=O)C1=C(C)N([C@@H](C)c2ccccc2)C(=O)/C1=C\c1ccc(O)cc1. The molecular weight excluding hydrogens is 342 g/mol. The van der Waals surface area contributed by atoms with Crippen LogP contribution in [0.15, 0.2) is 71.4 Å². The first-order valence-corrected chi connectivity index (χ1v) is 8.63. The van der Waals surface area contributed by atoms with E-state index in [0.29, 0.717) is 11.3 Å². The second-order valence-electron chi connectivity index (χ2n) is 6.36. The summed E-state index contributed by atoms with van der Waals surface area (Å²) in [7, 11) is 1.30. The van der Waals surface area contributed by atoms with Crippen molar-refractivity contribution in [2.75, 3.05) is 7.11 Å². The number of benzene rings is 2. The van der Waals surface area contributed by atoms with Gasteiger partial charge in [-0.2, -0.15) is 0 Å². The first kappa shape index (κ1) is 18.5. The lowest BCUT2D eigenvalue weighted by atomic mass is 10.0. The molecule has 0 radical (unpaired) electrons. The van der Waals surface area contributed by atoms with Crippen molar-refractivity contribution < 1.29 is 19.4 Å². The second-order valence-corrected chi connectivity index (χ2v) is 6.36. The number of methoxy groups -OCH3 is 1. The second kappa shape index (κ2) is 7.50. The third kappa shape index (κ3) is 3.49. The maximum absolute atomic E-state index is 13.2. The molecule has 2 aromatic rings. The lowest BCUT2D eigenvalue weighted by Gasteiger charge is -2.26. The van der Waals surface area contributed by atoms with Crippen LogP contribution in [0, 0.1) is 0 Å². The summed E-state index contributed by atoms with van der Waals surface area (Å²) in [5.74, 6) is -0.667. The molecule has 27 heavy (non-hydrogen) atoms.